The van der Waals surface area contributed by atoms with E-state index in [-0.39, 0.29) is 12.4 Å². The predicted molar refractivity (Wildman–Crippen MR) is 54.2 cm³/mol. The SMILES string of the molecule is C/C(=C(\F)CN)c1cccc(Cl)c1. The molecule has 0 amide bonds. The van der Waals surface area contributed by atoms with Crippen LogP contribution in [0.1, 0.15) is 12.5 Å². The van der Waals surface area contributed by atoms with Crippen LogP contribution in [0.5, 0.6) is 0 Å². The number of hydrogen-bond donors (Lipinski definition) is 1. The van der Waals surface area contributed by atoms with Crippen LogP contribution in [0.2, 0.25) is 5.02 Å². The Hall–Kier alpha value is -0.860. The molecule has 0 atom stereocenters. The molecular weight excluding hydrogens is 189 g/mol. The molecule has 0 aliphatic rings. The van der Waals surface area contributed by atoms with Gasteiger partial charge in [-0.3, -0.25) is 0 Å². The fourth-order valence-electron chi connectivity index (χ4n) is 1.03. The van der Waals surface area contributed by atoms with Crippen LogP contribution in [0.3, 0.4) is 0 Å². The first-order chi connectivity index (χ1) is 6.15. The Morgan fingerprint density at radius 3 is 2.77 bits per heavy atom. The normalized spacial score (nSPS) is 12.6. The van der Waals surface area contributed by atoms with Gasteiger partial charge in [-0.15, -0.1) is 0 Å². The van der Waals surface area contributed by atoms with E-state index in [1.807, 2.05) is 0 Å². The molecule has 0 saturated carbocycles. The summed E-state index contributed by atoms with van der Waals surface area (Å²) in [4.78, 5) is 0. The third-order valence-electron chi connectivity index (χ3n) is 1.84. The average Bonchev–Trinajstić information content (AvgIpc) is 2.15. The topological polar surface area (TPSA) is 26.0 Å². The van der Waals surface area contributed by atoms with Crippen molar-refractivity contribution in [1.82, 2.24) is 0 Å². The molecule has 0 spiro atoms. The summed E-state index contributed by atoms with van der Waals surface area (Å²) in [5.74, 6) is -0.303. The van der Waals surface area contributed by atoms with Crippen LogP contribution < -0.4 is 5.73 Å². The smallest absolute Gasteiger partial charge is 0.117 e. The maximum Gasteiger partial charge on any atom is 0.117 e. The van der Waals surface area contributed by atoms with Gasteiger partial charge in [0.2, 0.25) is 0 Å². The van der Waals surface area contributed by atoms with Gasteiger partial charge < -0.3 is 5.73 Å². The molecule has 0 saturated heterocycles. The molecule has 1 nitrogen and oxygen atoms in total. The zero-order chi connectivity index (χ0) is 9.84. The number of rotatable bonds is 2. The molecule has 3 heteroatoms. The van der Waals surface area contributed by atoms with Crippen LogP contribution in [-0.4, -0.2) is 6.54 Å². The Labute approximate surface area is 82.0 Å². The number of benzene rings is 1. The Morgan fingerprint density at radius 2 is 2.23 bits per heavy atom. The van der Waals surface area contributed by atoms with E-state index in [0.717, 1.165) is 5.56 Å². The van der Waals surface area contributed by atoms with Crippen LogP contribution >= 0.6 is 11.6 Å². The lowest BCUT2D eigenvalue weighted by Gasteiger charge is -2.03. The van der Waals surface area contributed by atoms with Crippen molar-refractivity contribution in [3.63, 3.8) is 0 Å². The summed E-state index contributed by atoms with van der Waals surface area (Å²) in [5, 5.41) is 0.599. The second-order valence-electron chi connectivity index (χ2n) is 2.74. The van der Waals surface area contributed by atoms with Crippen molar-refractivity contribution < 1.29 is 4.39 Å². The fourth-order valence-corrected chi connectivity index (χ4v) is 1.22. The standard InChI is InChI=1S/C10H11ClFN/c1-7(10(12)6-13)8-3-2-4-9(11)5-8/h2-5H,6,13H2,1H3/b10-7+. The number of hydrogen-bond acceptors (Lipinski definition) is 1. The van der Waals surface area contributed by atoms with Crippen molar-refractivity contribution in [1.29, 1.82) is 0 Å². The molecule has 0 aromatic heterocycles. The molecule has 0 fully saturated rings. The van der Waals surface area contributed by atoms with Gasteiger partial charge in [0.25, 0.3) is 0 Å². The molecule has 1 aromatic carbocycles. The first kappa shape index (κ1) is 10.2. The third kappa shape index (κ3) is 2.54. The van der Waals surface area contributed by atoms with Crippen LogP contribution in [0.4, 0.5) is 4.39 Å². The van der Waals surface area contributed by atoms with Gasteiger partial charge in [0, 0.05) is 11.6 Å². The molecule has 0 bridgehead atoms. The molecule has 70 valence electrons. The molecule has 0 aliphatic heterocycles. The molecule has 13 heavy (non-hydrogen) atoms. The van der Waals surface area contributed by atoms with E-state index in [1.54, 1.807) is 31.2 Å². The summed E-state index contributed by atoms with van der Waals surface area (Å²) < 4.78 is 13.1. The van der Waals surface area contributed by atoms with Crippen LogP contribution in [0.25, 0.3) is 5.57 Å². The second-order valence-corrected chi connectivity index (χ2v) is 3.18. The van der Waals surface area contributed by atoms with Gasteiger partial charge in [0.1, 0.15) is 5.83 Å². The van der Waals surface area contributed by atoms with E-state index in [2.05, 4.69) is 0 Å². The first-order valence-corrected chi connectivity index (χ1v) is 4.34. The third-order valence-corrected chi connectivity index (χ3v) is 2.08. The molecule has 0 aliphatic carbocycles. The lowest BCUT2D eigenvalue weighted by atomic mass is 10.1. The van der Waals surface area contributed by atoms with Gasteiger partial charge in [0.05, 0.1) is 0 Å². The van der Waals surface area contributed by atoms with Crippen molar-refractivity contribution in [3.05, 3.63) is 40.7 Å². The van der Waals surface area contributed by atoms with E-state index >= 15 is 0 Å². The molecule has 0 unspecified atom stereocenters. The molecule has 0 heterocycles. The van der Waals surface area contributed by atoms with Crippen LogP contribution in [-0.2, 0) is 0 Å². The van der Waals surface area contributed by atoms with Crippen molar-refractivity contribution in [2.45, 2.75) is 6.92 Å². The van der Waals surface area contributed by atoms with Crippen molar-refractivity contribution >= 4 is 17.2 Å². The van der Waals surface area contributed by atoms with E-state index in [4.69, 9.17) is 17.3 Å². The van der Waals surface area contributed by atoms with Gasteiger partial charge in [-0.1, -0.05) is 23.7 Å². The summed E-state index contributed by atoms with van der Waals surface area (Å²) in [6.45, 7) is 1.62. The van der Waals surface area contributed by atoms with E-state index in [9.17, 15) is 4.39 Å². The van der Waals surface area contributed by atoms with E-state index < -0.39 is 0 Å². The average molecular weight is 200 g/mol. The van der Waals surface area contributed by atoms with Gasteiger partial charge in [-0.25, -0.2) is 4.39 Å². The minimum absolute atomic E-state index is 0.0711. The number of nitrogens with two attached hydrogens (primary N) is 1. The highest BCUT2D eigenvalue weighted by atomic mass is 35.5. The lowest BCUT2D eigenvalue weighted by Crippen LogP contribution is -2.00. The van der Waals surface area contributed by atoms with Crippen LogP contribution in [0, 0.1) is 0 Å². The van der Waals surface area contributed by atoms with Crippen molar-refractivity contribution in [2.24, 2.45) is 5.73 Å². The zero-order valence-electron chi connectivity index (χ0n) is 7.35. The van der Waals surface area contributed by atoms with Gasteiger partial charge in [0.15, 0.2) is 0 Å². The molecule has 2 N–H and O–H groups in total. The summed E-state index contributed by atoms with van der Waals surface area (Å²) >= 11 is 5.76. The maximum absolute atomic E-state index is 13.1. The summed E-state index contributed by atoms with van der Waals surface area (Å²) in [7, 11) is 0. The first-order valence-electron chi connectivity index (χ1n) is 3.96. The van der Waals surface area contributed by atoms with Gasteiger partial charge >= 0.3 is 0 Å². The van der Waals surface area contributed by atoms with E-state index in [1.165, 1.54) is 0 Å². The van der Waals surface area contributed by atoms with Gasteiger partial charge in [-0.05, 0) is 30.2 Å². The minimum atomic E-state index is -0.303. The Kier molecular flexibility index (Phi) is 3.46. The molecule has 1 aromatic rings. The van der Waals surface area contributed by atoms with Crippen molar-refractivity contribution in [3.8, 4) is 0 Å². The van der Waals surface area contributed by atoms with Gasteiger partial charge in [-0.2, -0.15) is 0 Å². The molecule has 1 rings (SSSR count). The Balaban J connectivity index is 3.08. The quantitative estimate of drug-likeness (QED) is 0.779. The Bertz CT molecular complexity index is 333. The fraction of sp³-hybridized carbons (Fsp3) is 0.200. The van der Waals surface area contributed by atoms with Crippen molar-refractivity contribution in [2.75, 3.05) is 6.54 Å². The summed E-state index contributed by atoms with van der Waals surface area (Å²) in [5.41, 5.74) is 6.50. The number of allylic oxidation sites excluding steroid dienone is 1. The number of halogens is 2. The highest BCUT2D eigenvalue weighted by Crippen LogP contribution is 2.21. The minimum Gasteiger partial charge on any atom is -0.325 e. The highest BCUT2D eigenvalue weighted by Gasteiger charge is 2.02. The van der Waals surface area contributed by atoms with E-state index in [0.29, 0.717) is 10.6 Å². The highest BCUT2D eigenvalue weighted by molar-refractivity contribution is 6.30. The molecular formula is C10H11ClFN. The predicted octanol–water partition coefficient (Wildman–Crippen LogP) is 3.00. The second kappa shape index (κ2) is 4.40. The lowest BCUT2D eigenvalue weighted by molar-refractivity contribution is 0.621. The summed E-state index contributed by atoms with van der Waals surface area (Å²) in [6.07, 6.45) is 0. The maximum atomic E-state index is 13.1. The largest absolute Gasteiger partial charge is 0.325 e. The van der Waals surface area contributed by atoms with Crippen LogP contribution in [0.15, 0.2) is 30.1 Å². The monoisotopic (exact) mass is 199 g/mol. The Morgan fingerprint density at radius 1 is 1.54 bits per heavy atom. The summed E-state index contributed by atoms with van der Waals surface area (Å²) in [6, 6.07) is 7.05. The molecule has 0 radical (unpaired) electrons. The zero-order valence-corrected chi connectivity index (χ0v) is 8.11.